The number of benzene rings is 4. The maximum absolute atomic E-state index is 13.0. The van der Waals surface area contributed by atoms with Crippen LogP contribution in [0, 0.1) is 5.92 Å². The predicted molar refractivity (Wildman–Crippen MR) is 209 cm³/mol. The van der Waals surface area contributed by atoms with Crippen LogP contribution in [-0.4, -0.2) is 60.4 Å². The van der Waals surface area contributed by atoms with Crippen molar-refractivity contribution in [3.8, 4) is 28.5 Å². The first kappa shape index (κ1) is 34.1. The summed E-state index contributed by atoms with van der Waals surface area (Å²) >= 11 is 0. The van der Waals surface area contributed by atoms with Gasteiger partial charge in [0, 0.05) is 30.4 Å². The van der Waals surface area contributed by atoms with Crippen LogP contribution < -0.4 is 4.74 Å². The van der Waals surface area contributed by atoms with E-state index in [-0.39, 0.29) is 18.1 Å². The Morgan fingerprint density at radius 2 is 1.36 bits per heavy atom. The lowest BCUT2D eigenvalue weighted by Crippen LogP contribution is -2.43. The minimum absolute atomic E-state index is 0.0411. The van der Waals surface area contributed by atoms with Gasteiger partial charge < -0.3 is 23.5 Å². The van der Waals surface area contributed by atoms with Crippen molar-refractivity contribution >= 4 is 28.2 Å². The normalized spacial score (nSPS) is 14.4. The zero-order chi connectivity index (χ0) is 36.4. The molecule has 1 saturated heterocycles. The van der Waals surface area contributed by atoms with Gasteiger partial charge in [0.15, 0.2) is 0 Å². The maximum atomic E-state index is 13.0. The highest BCUT2D eigenvalue weighted by Gasteiger charge is 2.34. The molecule has 9 nitrogen and oxygen atoms in total. The van der Waals surface area contributed by atoms with E-state index in [0.717, 1.165) is 69.1 Å². The third-order valence-electron chi connectivity index (χ3n) is 9.93. The molecular weight excluding hydrogens is 661 g/mol. The quantitative estimate of drug-likeness (QED) is 0.149. The number of piperidine rings is 1. The van der Waals surface area contributed by atoms with Crippen LogP contribution in [0.25, 0.3) is 44.8 Å². The molecule has 0 aliphatic carbocycles. The molecule has 53 heavy (non-hydrogen) atoms. The molecule has 1 amide bonds. The second-order valence-electron chi connectivity index (χ2n) is 14.7. The van der Waals surface area contributed by atoms with E-state index >= 15 is 0 Å². The molecule has 1 fully saturated rings. The van der Waals surface area contributed by atoms with E-state index in [2.05, 4.69) is 74.8 Å². The Bertz CT molecular complexity index is 2320. The van der Waals surface area contributed by atoms with Crippen molar-refractivity contribution in [3.05, 3.63) is 133 Å². The molecule has 0 spiro atoms. The number of aromatic nitrogens is 5. The monoisotopic (exact) mass is 704 g/mol. The summed E-state index contributed by atoms with van der Waals surface area (Å²) in [7, 11) is 0. The highest BCUT2D eigenvalue weighted by Crippen LogP contribution is 2.37. The van der Waals surface area contributed by atoms with E-state index in [1.165, 1.54) is 0 Å². The summed E-state index contributed by atoms with van der Waals surface area (Å²) in [5.41, 5.74) is 6.52. The summed E-state index contributed by atoms with van der Waals surface area (Å²) in [6.07, 6.45) is 3.21. The fourth-order valence-electron chi connectivity index (χ4n) is 7.38. The number of carbonyl (C=O) groups excluding carboxylic acids is 1. The molecule has 8 rings (SSSR count). The van der Waals surface area contributed by atoms with Gasteiger partial charge in [-0.05, 0) is 100 Å². The van der Waals surface area contributed by atoms with Crippen LogP contribution in [0.4, 0.5) is 4.79 Å². The minimum atomic E-state index is -0.536. The van der Waals surface area contributed by atoms with Crippen LogP contribution in [0.5, 0.6) is 5.75 Å². The Morgan fingerprint density at radius 1 is 0.736 bits per heavy atom. The van der Waals surface area contributed by atoms with Crippen LogP contribution in [-0.2, 0) is 11.3 Å². The van der Waals surface area contributed by atoms with Gasteiger partial charge in [-0.1, -0.05) is 60.7 Å². The van der Waals surface area contributed by atoms with Gasteiger partial charge in [-0.2, -0.15) is 0 Å². The maximum Gasteiger partial charge on any atom is 0.410 e. The molecule has 4 aromatic carbocycles. The van der Waals surface area contributed by atoms with Gasteiger partial charge in [-0.3, -0.25) is 4.98 Å². The predicted octanol–water partition coefficient (Wildman–Crippen LogP) is 9.43. The molecule has 1 unspecified atom stereocenters. The van der Waals surface area contributed by atoms with Crippen molar-refractivity contribution in [2.24, 2.45) is 5.92 Å². The van der Waals surface area contributed by atoms with Crippen molar-refractivity contribution in [2.45, 2.75) is 51.8 Å². The van der Waals surface area contributed by atoms with Crippen molar-refractivity contribution in [1.29, 1.82) is 0 Å². The molecule has 0 bridgehead atoms. The van der Waals surface area contributed by atoms with E-state index in [4.69, 9.17) is 19.4 Å². The lowest BCUT2D eigenvalue weighted by Gasteiger charge is -2.37. The lowest BCUT2D eigenvalue weighted by atomic mass is 9.89. The van der Waals surface area contributed by atoms with Gasteiger partial charge in [0.05, 0.1) is 40.3 Å². The van der Waals surface area contributed by atoms with Crippen molar-refractivity contribution < 1.29 is 14.3 Å². The van der Waals surface area contributed by atoms with Crippen LogP contribution in [0.3, 0.4) is 0 Å². The number of carbonyl (C=O) groups is 1. The van der Waals surface area contributed by atoms with E-state index in [1.807, 2.05) is 92.5 Å². The summed E-state index contributed by atoms with van der Waals surface area (Å²) < 4.78 is 17.0. The number of likely N-dealkylation sites (tertiary alicyclic amines) is 1. The molecule has 0 radical (unpaired) electrons. The van der Waals surface area contributed by atoms with Crippen LogP contribution >= 0.6 is 0 Å². The Hall–Kier alpha value is -5.96. The van der Waals surface area contributed by atoms with Gasteiger partial charge in [-0.15, -0.1) is 0 Å². The number of fused-ring (bicyclic) bond motifs is 2. The SMILES string of the molecule is CC(C)(C)OC(=O)N1CCC(C(COc2ccc(-c3nc4ccccc4n3Cc3ccccn3)cc2)n2c(-c3ccccc3)nc3ccccc32)CC1. The lowest BCUT2D eigenvalue weighted by molar-refractivity contribution is 0.0151. The first-order chi connectivity index (χ1) is 25.8. The Balaban J connectivity index is 1.09. The fraction of sp³-hybridized carbons (Fsp3) is 0.273. The van der Waals surface area contributed by atoms with Crippen molar-refractivity contribution in [1.82, 2.24) is 29.0 Å². The molecular formula is C44H44N6O3. The first-order valence-corrected chi connectivity index (χ1v) is 18.4. The number of nitrogens with zero attached hydrogens (tertiary/aromatic N) is 6. The number of para-hydroxylation sites is 4. The van der Waals surface area contributed by atoms with E-state index in [0.29, 0.717) is 26.2 Å². The van der Waals surface area contributed by atoms with E-state index in [9.17, 15) is 4.79 Å². The smallest absolute Gasteiger partial charge is 0.410 e. The van der Waals surface area contributed by atoms with Gasteiger partial charge >= 0.3 is 6.09 Å². The molecule has 1 atom stereocenters. The number of hydrogen-bond acceptors (Lipinski definition) is 6. The average molecular weight is 705 g/mol. The number of hydrogen-bond donors (Lipinski definition) is 0. The Labute approximate surface area is 309 Å². The fourth-order valence-corrected chi connectivity index (χ4v) is 7.38. The molecule has 268 valence electrons. The highest BCUT2D eigenvalue weighted by atomic mass is 16.6. The van der Waals surface area contributed by atoms with Gasteiger partial charge in [0.1, 0.15) is 29.6 Å². The van der Waals surface area contributed by atoms with E-state index < -0.39 is 5.60 Å². The number of pyridine rings is 1. The number of amides is 1. The molecule has 1 aliphatic rings. The summed E-state index contributed by atoms with van der Waals surface area (Å²) in [6, 6.07) is 41.1. The number of ether oxygens (including phenoxy) is 2. The minimum Gasteiger partial charge on any atom is -0.491 e. The largest absolute Gasteiger partial charge is 0.491 e. The second-order valence-corrected chi connectivity index (χ2v) is 14.7. The van der Waals surface area contributed by atoms with E-state index in [1.54, 1.807) is 0 Å². The van der Waals surface area contributed by atoms with Crippen LogP contribution in [0.2, 0.25) is 0 Å². The van der Waals surface area contributed by atoms with Crippen LogP contribution in [0.15, 0.2) is 128 Å². The molecule has 3 aromatic heterocycles. The average Bonchev–Trinajstić information content (AvgIpc) is 3.74. The summed E-state index contributed by atoms with van der Waals surface area (Å²) in [5, 5.41) is 0. The second kappa shape index (κ2) is 14.6. The summed E-state index contributed by atoms with van der Waals surface area (Å²) in [4.78, 5) is 29.6. The highest BCUT2D eigenvalue weighted by molar-refractivity contribution is 5.82. The number of imidazole rings is 2. The Kier molecular flexibility index (Phi) is 9.39. The molecule has 0 saturated carbocycles. The third kappa shape index (κ3) is 7.37. The molecule has 4 heterocycles. The number of rotatable bonds is 9. The standard InChI is InChI=1S/C44H44N6O3/c1-44(2,3)53-43(51)48-27-24-31(25-28-48)40(50-39-19-10-8-17-37(39)47-42(50)32-13-5-4-6-14-32)30-52-35-22-20-33(21-23-35)41-46-36-16-7-9-18-38(36)49(41)29-34-15-11-12-26-45-34/h4-23,26,31,40H,24-25,27-30H2,1-3H3. The topological polar surface area (TPSA) is 87.3 Å². The zero-order valence-electron chi connectivity index (χ0n) is 30.4. The molecule has 9 heteroatoms. The van der Waals surface area contributed by atoms with Gasteiger partial charge in [0.2, 0.25) is 0 Å². The zero-order valence-corrected chi connectivity index (χ0v) is 30.4. The van der Waals surface area contributed by atoms with Gasteiger partial charge in [0.25, 0.3) is 0 Å². The van der Waals surface area contributed by atoms with Gasteiger partial charge in [-0.25, -0.2) is 14.8 Å². The third-order valence-corrected chi connectivity index (χ3v) is 9.93. The first-order valence-electron chi connectivity index (χ1n) is 18.4. The molecule has 1 aliphatic heterocycles. The summed E-state index contributed by atoms with van der Waals surface area (Å²) in [6.45, 7) is 8.03. The molecule has 0 N–H and O–H groups in total. The van der Waals surface area contributed by atoms with Crippen molar-refractivity contribution in [3.63, 3.8) is 0 Å². The summed E-state index contributed by atoms with van der Waals surface area (Å²) in [5.74, 6) is 2.81. The van der Waals surface area contributed by atoms with Crippen molar-refractivity contribution in [2.75, 3.05) is 19.7 Å². The Morgan fingerprint density at radius 3 is 2.06 bits per heavy atom. The van der Waals surface area contributed by atoms with Crippen LogP contribution in [0.1, 0.15) is 45.3 Å². The molecule has 7 aromatic rings.